The normalized spacial score (nSPS) is 15.2. The third-order valence-corrected chi connectivity index (χ3v) is 4.73. The molecule has 6 heteroatoms. The first kappa shape index (κ1) is 18.9. The number of nitrogens with zero attached hydrogens (tertiary/aromatic N) is 3. The molecule has 1 fully saturated rings. The van der Waals surface area contributed by atoms with Crippen LogP contribution in [0.15, 0.2) is 48.8 Å². The highest BCUT2D eigenvalue weighted by molar-refractivity contribution is 5.89. The van der Waals surface area contributed by atoms with Crippen LogP contribution in [0.1, 0.15) is 30.9 Å². The molecular weight excluding hydrogens is 342 g/mol. The Kier molecular flexibility index (Phi) is 6.41. The van der Waals surface area contributed by atoms with E-state index in [1.807, 2.05) is 36.5 Å². The molecule has 0 saturated carbocycles. The molecule has 1 amide bonds. The third-order valence-electron chi connectivity index (χ3n) is 4.73. The molecule has 0 aliphatic carbocycles. The average Bonchev–Trinajstić information content (AvgIpc) is 3.13. The van der Waals surface area contributed by atoms with E-state index in [4.69, 9.17) is 4.74 Å². The molecule has 2 aromatic rings. The SMILES string of the molecule is CC1CCN(C(=O)COC(=O)/C=C/c2cnn(Cc3ccccc3)c2)CC1. The summed E-state index contributed by atoms with van der Waals surface area (Å²) in [6.45, 7) is 4.14. The Morgan fingerprint density at radius 1 is 1.22 bits per heavy atom. The number of ether oxygens (including phenoxy) is 1. The quantitative estimate of drug-likeness (QED) is 0.582. The van der Waals surface area contributed by atoms with Crippen molar-refractivity contribution < 1.29 is 14.3 Å². The lowest BCUT2D eigenvalue weighted by molar-refractivity contribution is -0.148. The van der Waals surface area contributed by atoms with Crippen LogP contribution in [0.2, 0.25) is 0 Å². The van der Waals surface area contributed by atoms with Gasteiger partial charge in [-0.15, -0.1) is 0 Å². The number of rotatable bonds is 6. The predicted molar refractivity (Wildman–Crippen MR) is 103 cm³/mol. The second kappa shape index (κ2) is 9.16. The van der Waals surface area contributed by atoms with E-state index in [9.17, 15) is 9.59 Å². The molecule has 1 aromatic carbocycles. The van der Waals surface area contributed by atoms with E-state index in [0.29, 0.717) is 12.5 Å². The number of esters is 1. The lowest BCUT2D eigenvalue weighted by Crippen LogP contribution is -2.40. The van der Waals surface area contributed by atoms with Crippen molar-refractivity contribution in [2.24, 2.45) is 5.92 Å². The number of amides is 1. The van der Waals surface area contributed by atoms with Crippen LogP contribution in [0, 0.1) is 5.92 Å². The number of hydrogen-bond donors (Lipinski definition) is 0. The monoisotopic (exact) mass is 367 g/mol. The van der Waals surface area contributed by atoms with Crippen molar-refractivity contribution in [3.63, 3.8) is 0 Å². The maximum Gasteiger partial charge on any atom is 0.331 e. The summed E-state index contributed by atoms with van der Waals surface area (Å²) >= 11 is 0. The minimum Gasteiger partial charge on any atom is -0.452 e. The highest BCUT2D eigenvalue weighted by Gasteiger charge is 2.20. The summed E-state index contributed by atoms with van der Waals surface area (Å²) in [4.78, 5) is 25.7. The fraction of sp³-hybridized carbons (Fsp3) is 0.381. The van der Waals surface area contributed by atoms with Crippen molar-refractivity contribution in [2.45, 2.75) is 26.3 Å². The zero-order valence-electron chi connectivity index (χ0n) is 15.6. The largest absolute Gasteiger partial charge is 0.452 e. The molecule has 1 aliphatic heterocycles. The van der Waals surface area contributed by atoms with Crippen LogP contribution in [-0.4, -0.2) is 46.3 Å². The Hall–Kier alpha value is -2.89. The van der Waals surface area contributed by atoms with Crippen LogP contribution >= 0.6 is 0 Å². The first-order valence-corrected chi connectivity index (χ1v) is 9.29. The molecule has 0 unspecified atom stereocenters. The second-order valence-electron chi connectivity index (χ2n) is 6.96. The van der Waals surface area contributed by atoms with Crippen LogP contribution in [-0.2, 0) is 20.9 Å². The molecule has 0 bridgehead atoms. The topological polar surface area (TPSA) is 64.4 Å². The van der Waals surface area contributed by atoms with Crippen molar-refractivity contribution in [3.8, 4) is 0 Å². The third kappa shape index (κ3) is 5.81. The zero-order valence-corrected chi connectivity index (χ0v) is 15.6. The van der Waals surface area contributed by atoms with Gasteiger partial charge in [-0.1, -0.05) is 37.3 Å². The number of likely N-dealkylation sites (tertiary alicyclic amines) is 1. The van der Waals surface area contributed by atoms with E-state index in [1.165, 1.54) is 6.08 Å². The van der Waals surface area contributed by atoms with Crippen molar-refractivity contribution >= 4 is 18.0 Å². The molecular formula is C21H25N3O3. The summed E-state index contributed by atoms with van der Waals surface area (Å²) in [6, 6.07) is 10.0. The van der Waals surface area contributed by atoms with Gasteiger partial charge in [0.2, 0.25) is 0 Å². The van der Waals surface area contributed by atoms with E-state index in [0.717, 1.165) is 37.1 Å². The van der Waals surface area contributed by atoms with Gasteiger partial charge in [0.25, 0.3) is 5.91 Å². The Morgan fingerprint density at radius 2 is 1.96 bits per heavy atom. The van der Waals surface area contributed by atoms with Gasteiger partial charge in [-0.2, -0.15) is 5.10 Å². The predicted octanol–water partition coefficient (Wildman–Crippen LogP) is 2.75. The Morgan fingerprint density at radius 3 is 2.70 bits per heavy atom. The summed E-state index contributed by atoms with van der Waals surface area (Å²) < 4.78 is 6.87. The zero-order chi connectivity index (χ0) is 19.1. The molecule has 27 heavy (non-hydrogen) atoms. The average molecular weight is 367 g/mol. The fourth-order valence-corrected chi connectivity index (χ4v) is 3.02. The van der Waals surface area contributed by atoms with Gasteiger partial charge in [-0.25, -0.2) is 4.79 Å². The Bertz CT molecular complexity index is 790. The van der Waals surface area contributed by atoms with Gasteiger partial charge in [-0.3, -0.25) is 9.48 Å². The smallest absolute Gasteiger partial charge is 0.331 e. The van der Waals surface area contributed by atoms with Crippen molar-refractivity contribution in [2.75, 3.05) is 19.7 Å². The molecule has 0 spiro atoms. The number of hydrogen-bond acceptors (Lipinski definition) is 4. The van der Waals surface area contributed by atoms with Gasteiger partial charge < -0.3 is 9.64 Å². The maximum atomic E-state index is 12.1. The standard InChI is InChI=1S/C21H25N3O3/c1-17-9-11-23(12-10-17)20(25)16-27-21(26)8-7-19-13-22-24(15-19)14-18-5-3-2-4-6-18/h2-8,13,15,17H,9-12,14,16H2,1H3/b8-7+. The number of carbonyl (C=O) groups is 2. The summed E-state index contributed by atoms with van der Waals surface area (Å²) in [7, 11) is 0. The van der Waals surface area contributed by atoms with Gasteiger partial charge in [0.05, 0.1) is 12.7 Å². The molecule has 1 aromatic heterocycles. The van der Waals surface area contributed by atoms with Gasteiger partial charge in [0.1, 0.15) is 0 Å². The lowest BCUT2D eigenvalue weighted by atomic mass is 9.99. The summed E-state index contributed by atoms with van der Waals surface area (Å²) in [6.07, 6.45) is 8.53. The van der Waals surface area contributed by atoms with Gasteiger partial charge >= 0.3 is 5.97 Å². The van der Waals surface area contributed by atoms with Crippen molar-refractivity contribution in [3.05, 3.63) is 59.9 Å². The van der Waals surface area contributed by atoms with E-state index in [2.05, 4.69) is 12.0 Å². The molecule has 142 valence electrons. The van der Waals surface area contributed by atoms with Crippen LogP contribution in [0.5, 0.6) is 0 Å². The van der Waals surface area contributed by atoms with Crippen LogP contribution < -0.4 is 0 Å². The summed E-state index contributed by atoms with van der Waals surface area (Å²) in [5, 5.41) is 4.28. The molecule has 2 heterocycles. The molecule has 3 rings (SSSR count). The van der Waals surface area contributed by atoms with Gasteiger partial charge in [0.15, 0.2) is 6.61 Å². The molecule has 0 atom stereocenters. The Labute approximate surface area is 159 Å². The highest BCUT2D eigenvalue weighted by Crippen LogP contribution is 2.15. The molecule has 1 saturated heterocycles. The van der Waals surface area contributed by atoms with Gasteiger partial charge in [-0.05, 0) is 30.4 Å². The highest BCUT2D eigenvalue weighted by atomic mass is 16.5. The molecule has 0 N–H and O–H groups in total. The number of aromatic nitrogens is 2. The first-order valence-electron chi connectivity index (χ1n) is 9.29. The molecule has 1 aliphatic rings. The minimum atomic E-state index is -0.524. The van der Waals surface area contributed by atoms with Crippen LogP contribution in [0.4, 0.5) is 0 Å². The van der Waals surface area contributed by atoms with E-state index >= 15 is 0 Å². The lowest BCUT2D eigenvalue weighted by Gasteiger charge is -2.30. The summed E-state index contributed by atoms with van der Waals surface area (Å²) in [5.41, 5.74) is 1.96. The molecule has 6 nitrogen and oxygen atoms in total. The maximum absolute atomic E-state index is 12.1. The number of carbonyl (C=O) groups excluding carboxylic acids is 2. The fourth-order valence-electron chi connectivity index (χ4n) is 3.02. The van der Waals surface area contributed by atoms with E-state index in [1.54, 1.807) is 21.9 Å². The summed E-state index contributed by atoms with van der Waals surface area (Å²) in [5.74, 6) is 0.00575. The van der Waals surface area contributed by atoms with E-state index < -0.39 is 5.97 Å². The number of benzene rings is 1. The first-order chi connectivity index (χ1) is 13.1. The van der Waals surface area contributed by atoms with Crippen LogP contribution in [0.3, 0.4) is 0 Å². The molecule has 0 radical (unpaired) electrons. The van der Waals surface area contributed by atoms with Crippen molar-refractivity contribution in [1.29, 1.82) is 0 Å². The van der Waals surface area contributed by atoms with Gasteiger partial charge in [0, 0.05) is 30.9 Å². The van der Waals surface area contributed by atoms with E-state index in [-0.39, 0.29) is 12.5 Å². The minimum absolute atomic E-state index is 0.126. The second-order valence-corrected chi connectivity index (χ2v) is 6.96. The van der Waals surface area contributed by atoms with Crippen LogP contribution in [0.25, 0.3) is 6.08 Å². The Balaban J connectivity index is 1.44. The number of piperidine rings is 1. The van der Waals surface area contributed by atoms with Crippen molar-refractivity contribution in [1.82, 2.24) is 14.7 Å².